The van der Waals surface area contributed by atoms with E-state index >= 15 is 0 Å². The lowest BCUT2D eigenvalue weighted by molar-refractivity contribution is 0.0606. The maximum atomic E-state index is 5.76. The normalized spacial score (nSPS) is 12.5. The van der Waals surface area contributed by atoms with E-state index in [9.17, 15) is 0 Å². The Labute approximate surface area is 122 Å². The van der Waals surface area contributed by atoms with Gasteiger partial charge in [0.2, 0.25) is 0 Å². The maximum Gasteiger partial charge on any atom is 0.127 e. The summed E-state index contributed by atoms with van der Waals surface area (Å²) in [6.07, 6.45) is 1.29. The summed E-state index contributed by atoms with van der Waals surface area (Å²) < 4.78 is 16.5. The van der Waals surface area contributed by atoms with E-state index in [0.717, 1.165) is 30.0 Å². The average molecular weight is 281 g/mol. The summed E-state index contributed by atoms with van der Waals surface area (Å²) >= 11 is 0. The van der Waals surface area contributed by atoms with Gasteiger partial charge in [-0.2, -0.15) is 0 Å². The zero-order valence-electron chi connectivity index (χ0n) is 13.2. The summed E-state index contributed by atoms with van der Waals surface area (Å²) in [6, 6.07) is 6.02. The molecule has 0 amide bonds. The lowest BCUT2D eigenvalue weighted by Crippen LogP contribution is -2.28. The molecule has 114 valence electrons. The fraction of sp³-hybridized carbons (Fsp3) is 0.625. The molecule has 0 aliphatic carbocycles. The highest BCUT2D eigenvalue weighted by Crippen LogP contribution is 2.29. The molecule has 4 nitrogen and oxygen atoms in total. The molecule has 4 heteroatoms. The van der Waals surface area contributed by atoms with Crippen LogP contribution in [0.4, 0.5) is 0 Å². The third-order valence-corrected chi connectivity index (χ3v) is 3.05. The number of rotatable bonds is 9. The zero-order valence-corrected chi connectivity index (χ0v) is 13.2. The molecule has 0 fully saturated rings. The maximum absolute atomic E-state index is 5.76. The highest BCUT2D eigenvalue weighted by molar-refractivity contribution is 5.42. The number of hydrogen-bond acceptors (Lipinski definition) is 4. The quantitative estimate of drug-likeness (QED) is 0.754. The topological polar surface area (TPSA) is 39.7 Å². The van der Waals surface area contributed by atoms with Crippen LogP contribution in [0.1, 0.15) is 38.8 Å². The molecule has 1 aromatic carbocycles. The Morgan fingerprint density at radius 1 is 1.15 bits per heavy atom. The first-order valence-electron chi connectivity index (χ1n) is 7.19. The summed E-state index contributed by atoms with van der Waals surface area (Å²) in [6.45, 7) is 7.81. The van der Waals surface area contributed by atoms with Crippen molar-refractivity contribution in [3.63, 3.8) is 0 Å². The highest BCUT2D eigenvalue weighted by atomic mass is 16.5. The van der Waals surface area contributed by atoms with Crippen LogP contribution in [-0.4, -0.2) is 33.5 Å². The summed E-state index contributed by atoms with van der Waals surface area (Å²) in [5, 5.41) is 3.51. The van der Waals surface area contributed by atoms with Gasteiger partial charge in [-0.25, -0.2) is 0 Å². The standard InChI is InChI=1S/C16H27NO3/c1-6-9-17-15(11-20-12(2)3)14-8-7-13(18-4)10-16(14)19-5/h7-8,10,12,15,17H,6,9,11H2,1-5H3. The molecule has 1 rings (SSSR count). The molecule has 1 aromatic rings. The molecule has 0 aliphatic rings. The van der Waals surface area contributed by atoms with Crippen molar-refractivity contribution in [3.05, 3.63) is 23.8 Å². The van der Waals surface area contributed by atoms with Crippen LogP contribution in [-0.2, 0) is 4.74 Å². The van der Waals surface area contributed by atoms with Crippen molar-refractivity contribution in [3.8, 4) is 11.5 Å². The van der Waals surface area contributed by atoms with Gasteiger partial charge in [-0.15, -0.1) is 0 Å². The molecule has 0 bridgehead atoms. The smallest absolute Gasteiger partial charge is 0.127 e. The second-order valence-electron chi connectivity index (χ2n) is 5.00. The monoisotopic (exact) mass is 281 g/mol. The minimum atomic E-state index is 0.123. The van der Waals surface area contributed by atoms with E-state index in [1.54, 1.807) is 14.2 Å². The van der Waals surface area contributed by atoms with Crippen LogP contribution in [0.3, 0.4) is 0 Å². The van der Waals surface area contributed by atoms with Gasteiger partial charge in [-0.3, -0.25) is 0 Å². The van der Waals surface area contributed by atoms with Gasteiger partial charge in [0, 0.05) is 11.6 Å². The molecule has 0 radical (unpaired) electrons. The number of benzene rings is 1. The molecule has 0 spiro atoms. The minimum absolute atomic E-state index is 0.123. The number of hydrogen-bond donors (Lipinski definition) is 1. The van der Waals surface area contributed by atoms with Crippen molar-refractivity contribution in [1.82, 2.24) is 5.32 Å². The van der Waals surface area contributed by atoms with Crippen molar-refractivity contribution in [1.29, 1.82) is 0 Å². The Morgan fingerprint density at radius 3 is 2.45 bits per heavy atom. The predicted molar refractivity (Wildman–Crippen MR) is 81.7 cm³/mol. The SMILES string of the molecule is CCCNC(COC(C)C)c1ccc(OC)cc1OC. The van der Waals surface area contributed by atoms with Crippen LogP contribution in [0, 0.1) is 0 Å². The van der Waals surface area contributed by atoms with Gasteiger partial charge in [0.05, 0.1) is 33.0 Å². The second-order valence-corrected chi connectivity index (χ2v) is 5.00. The summed E-state index contributed by atoms with van der Waals surface area (Å²) in [5.74, 6) is 1.62. The third-order valence-electron chi connectivity index (χ3n) is 3.05. The molecule has 0 aromatic heterocycles. The Kier molecular flexibility index (Phi) is 7.41. The summed E-state index contributed by atoms with van der Waals surface area (Å²) in [4.78, 5) is 0. The van der Waals surface area contributed by atoms with E-state index < -0.39 is 0 Å². The van der Waals surface area contributed by atoms with E-state index in [0.29, 0.717) is 6.61 Å². The van der Waals surface area contributed by atoms with Crippen LogP contribution < -0.4 is 14.8 Å². The third kappa shape index (κ3) is 5.02. The molecule has 0 saturated carbocycles. The Bertz CT molecular complexity index is 393. The lowest BCUT2D eigenvalue weighted by Gasteiger charge is -2.22. The van der Waals surface area contributed by atoms with Crippen molar-refractivity contribution in [2.75, 3.05) is 27.4 Å². The van der Waals surface area contributed by atoms with Gasteiger partial charge in [0.15, 0.2) is 0 Å². The van der Waals surface area contributed by atoms with E-state index in [1.807, 2.05) is 32.0 Å². The molecule has 1 atom stereocenters. The highest BCUT2D eigenvalue weighted by Gasteiger charge is 2.17. The first-order chi connectivity index (χ1) is 9.62. The van der Waals surface area contributed by atoms with Crippen LogP contribution in [0.5, 0.6) is 11.5 Å². The van der Waals surface area contributed by atoms with Crippen LogP contribution in [0.15, 0.2) is 18.2 Å². The van der Waals surface area contributed by atoms with Crippen molar-refractivity contribution >= 4 is 0 Å². The molecule has 1 unspecified atom stereocenters. The first-order valence-corrected chi connectivity index (χ1v) is 7.19. The van der Waals surface area contributed by atoms with E-state index in [2.05, 4.69) is 12.2 Å². The first kappa shape index (κ1) is 16.8. The van der Waals surface area contributed by atoms with Gasteiger partial charge in [-0.05, 0) is 38.9 Å². The van der Waals surface area contributed by atoms with E-state index in [4.69, 9.17) is 14.2 Å². The molecule has 0 heterocycles. The van der Waals surface area contributed by atoms with Gasteiger partial charge in [0.1, 0.15) is 11.5 Å². The van der Waals surface area contributed by atoms with Gasteiger partial charge < -0.3 is 19.5 Å². The molecular weight excluding hydrogens is 254 g/mol. The van der Waals surface area contributed by atoms with E-state index in [-0.39, 0.29) is 12.1 Å². The fourth-order valence-corrected chi connectivity index (χ4v) is 1.97. The largest absolute Gasteiger partial charge is 0.497 e. The lowest BCUT2D eigenvalue weighted by atomic mass is 10.1. The molecule has 0 saturated heterocycles. The average Bonchev–Trinajstić information content (AvgIpc) is 2.46. The minimum Gasteiger partial charge on any atom is -0.497 e. The Morgan fingerprint density at radius 2 is 1.90 bits per heavy atom. The Hall–Kier alpha value is -1.26. The van der Waals surface area contributed by atoms with Crippen molar-refractivity contribution in [2.45, 2.75) is 39.3 Å². The van der Waals surface area contributed by atoms with E-state index in [1.165, 1.54) is 0 Å². The van der Waals surface area contributed by atoms with Crippen LogP contribution in [0.2, 0.25) is 0 Å². The Balaban J connectivity index is 2.92. The van der Waals surface area contributed by atoms with Gasteiger partial charge >= 0.3 is 0 Å². The summed E-state index contributed by atoms with van der Waals surface area (Å²) in [5.41, 5.74) is 1.10. The number of nitrogens with one attached hydrogen (secondary N) is 1. The fourth-order valence-electron chi connectivity index (χ4n) is 1.97. The molecule has 0 aliphatic heterocycles. The molecular formula is C16H27NO3. The van der Waals surface area contributed by atoms with Crippen LogP contribution >= 0.6 is 0 Å². The van der Waals surface area contributed by atoms with Crippen LogP contribution in [0.25, 0.3) is 0 Å². The molecule has 20 heavy (non-hydrogen) atoms. The number of ether oxygens (including phenoxy) is 3. The summed E-state index contributed by atoms with van der Waals surface area (Å²) in [7, 11) is 3.33. The van der Waals surface area contributed by atoms with Crippen molar-refractivity contribution < 1.29 is 14.2 Å². The second kappa shape index (κ2) is 8.82. The zero-order chi connectivity index (χ0) is 15.0. The molecule has 1 N–H and O–H groups in total. The van der Waals surface area contributed by atoms with Gasteiger partial charge in [0.25, 0.3) is 0 Å². The number of methoxy groups -OCH3 is 2. The van der Waals surface area contributed by atoms with Gasteiger partial charge in [-0.1, -0.05) is 6.92 Å². The predicted octanol–water partition coefficient (Wildman–Crippen LogP) is 3.17. The van der Waals surface area contributed by atoms with Crippen molar-refractivity contribution in [2.24, 2.45) is 0 Å².